The largest absolute Gasteiger partial charge is 0.257 e. The van der Waals surface area contributed by atoms with Gasteiger partial charge < -0.3 is 0 Å². The zero-order chi connectivity index (χ0) is 31.1. The summed E-state index contributed by atoms with van der Waals surface area (Å²) in [6.07, 6.45) is 50.3. The lowest BCUT2D eigenvalue weighted by Gasteiger charge is -2.16. The highest BCUT2D eigenvalue weighted by molar-refractivity contribution is 4.90. The van der Waals surface area contributed by atoms with Crippen LogP contribution in [0.15, 0.2) is 12.4 Å². The highest BCUT2D eigenvalue weighted by Gasteiger charge is 2.24. The van der Waals surface area contributed by atoms with Gasteiger partial charge in [0.1, 0.15) is 12.4 Å². The molecule has 2 unspecified atom stereocenters. The van der Waals surface area contributed by atoms with Crippen LogP contribution >= 0.6 is 0 Å². The van der Waals surface area contributed by atoms with E-state index in [0.29, 0.717) is 12.0 Å². The molecule has 0 radical (unpaired) electrons. The molecular formula is C41H81N2+. The van der Waals surface area contributed by atoms with Gasteiger partial charge in [-0.05, 0) is 32.6 Å². The first kappa shape index (κ1) is 40.2. The van der Waals surface area contributed by atoms with Gasteiger partial charge in [-0.3, -0.25) is 0 Å². The second-order valence-electron chi connectivity index (χ2n) is 14.4. The fourth-order valence-electron chi connectivity index (χ4n) is 7.20. The normalized spacial score (nSPS) is 13.1. The molecule has 2 heteroatoms. The van der Waals surface area contributed by atoms with Crippen LogP contribution in [0.3, 0.4) is 0 Å². The Kier molecular flexibility index (Phi) is 29.2. The third kappa shape index (κ3) is 23.2. The van der Waals surface area contributed by atoms with Crippen molar-refractivity contribution in [3.8, 4) is 0 Å². The number of aromatic nitrogens is 2. The Balaban J connectivity index is 2.10. The van der Waals surface area contributed by atoms with E-state index in [0.717, 1.165) is 0 Å². The molecule has 1 aromatic heterocycles. The first-order chi connectivity index (χ1) is 21.2. The van der Waals surface area contributed by atoms with Crippen LogP contribution in [-0.4, -0.2) is 4.98 Å². The van der Waals surface area contributed by atoms with Crippen molar-refractivity contribution >= 4 is 0 Å². The predicted octanol–water partition coefficient (Wildman–Crippen LogP) is 14.5. The fourth-order valence-corrected chi connectivity index (χ4v) is 7.20. The van der Waals surface area contributed by atoms with Gasteiger partial charge in [0.2, 0.25) is 0 Å². The molecule has 0 aliphatic carbocycles. The third-order valence-electron chi connectivity index (χ3n) is 10.1. The minimum absolute atomic E-state index is 0.620. The quantitative estimate of drug-likeness (QED) is 0.0599. The fraction of sp³-hybridized carbons (Fsp3) is 0.927. The Labute approximate surface area is 272 Å². The van der Waals surface area contributed by atoms with E-state index in [9.17, 15) is 0 Å². The number of hydrogen-bond acceptors (Lipinski definition) is 0. The molecule has 1 aromatic rings. The Morgan fingerprint density at radius 3 is 1.16 bits per heavy atom. The SMILES string of the molecule is CCCCCCCCCCCCCCCCC(CCC)c1[nH]cc[n+]1C(C)CCCCCCCCCCCCCCCC. The number of nitrogens with zero attached hydrogens (tertiary/aromatic N) is 1. The zero-order valence-corrected chi connectivity index (χ0v) is 30.4. The van der Waals surface area contributed by atoms with Crippen LogP contribution in [-0.2, 0) is 0 Å². The summed E-state index contributed by atoms with van der Waals surface area (Å²) in [7, 11) is 0. The number of hydrogen-bond donors (Lipinski definition) is 1. The molecule has 1 N–H and O–H groups in total. The van der Waals surface area contributed by atoms with Gasteiger partial charge in [0.15, 0.2) is 0 Å². The molecule has 43 heavy (non-hydrogen) atoms. The second kappa shape index (κ2) is 31.2. The van der Waals surface area contributed by atoms with Crippen molar-refractivity contribution in [3.63, 3.8) is 0 Å². The Morgan fingerprint density at radius 2 is 0.791 bits per heavy atom. The minimum Gasteiger partial charge on any atom is -0.247 e. The predicted molar refractivity (Wildman–Crippen MR) is 193 cm³/mol. The van der Waals surface area contributed by atoms with Crippen LogP contribution in [0, 0.1) is 0 Å². The summed E-state index contributed by atoms with van der Waals surface area (Å²) in [5.74, 6) is 2.21. The van der Waals surface area contributed by atoms with Crippen LogP contribution in [0.25, 0.3) is 0 Å². The number of unbranched alkanes of at least 4 members (excludes halogenated alkanes) is 26. The van der Waals surface area contributed by atoms with Crippen molar-refractivity contribution < 1.29 is 4.57 Å². The van der Waals surface area contributed by atoms with Crippen LogP contribution < -0.4 is 4.57 Å². The average molecular weight is 602 g/mol. The molecule has 0 aliphatic heterocycles. The molecule has 254 valence electrons. The Hall–Kier alpha value is -0.790. The highest BCUT2D eigenvalue weighted by atomic mass is 15.1. The molecule has 0 fully saturated rings. The summed E-state index contributed by atoms with van der Waals surface area (Å²) in [5, 5.41) is 0. The van der Waals surface area contributed by atoms with Gasteiger partial charge in [0, 0.05) is 0 Å². The topological polar surface area (TPSA) is 19.7 Å². The van der Waals surface area contributed by atoms with Gasteiger partial charge in [-0.25, -0.2) is 9.55 Å². The third-order valence-corrected chi connectivity index (χ3v) is 10.1. The van der Waals surface area contributed by atoms with E-state index in [-0.39, 0.29) is 0 Å². The first-order valence-corrected chi connectivity index (χ1v) is 20.3. The van der Waals surface area contributed by atoms with Gasteiger partial charge in [0.25, 0.3) is 5.82 Å². The molecule has 0 amide bonds. The number of H-pyrrole nitrogens is 1. The first-order valence-electron chi connectivity index (χ1n) is 20.3. The zero-order valence-electron chi connectivity index (χ0n) is 30.4. The summed E-state index contributed by atoms with van der Waals surface area (Å²) in [5.41, 5.74) is 0. The number of imidazole rings is 1. The van der Waals surface area contributed by atoms with Crippen molar-refractivity contribution in [2.24, 2.45) is 0 Å². The van der Waals surface area contributed by atoms with E-state index in [1.165, 1.54) is 211 Å². The van der Waals surface area contributed by atoms with Gasteiger partial charge in [-0.2, -0.15) is 0 Å². The maximum atomic E-state index is 3.69. The van der Waals surface area contributed by atoms with Crippen molar-refractivity contribution in [1.29, 1.82) is 0 Å². The summed E-state index contributed by atoms with van der Waals surface area (Å²) < 4.78 is 2.60. The molecule has 0 bridgehead atoms. The van der Waals surface area contributed by atoms with Gasteiger partial charge in [0.05, 0.1) is 12.0 Å². The number of aromatic amines is 1. The van der Waals surface area contributed by atoms with E-state index in [2.05, 4.69) is 49.6 Å². The summed E-state index contributed by atoms with van der Waals surface area (Å²) in [6.45, 7) is 9.44. The maximum Gasteiger partial charge on any atom is 0.257 e. The molecule has 1 rings (SSSR count). The monoisotopic (exact) mass is 602 g/mol. The molecule has 1 heterocycles. The highest BCUT2D eigenvalue weighted by Crippen LogP contribution is 2.26. The lowest BCUT2D eigenvalue weighted by atomic mass is 9.94. The maximum absolute atomic E-state index is 3.69. The van der Waals surface area contributed by atoms with E-state index in [1.807, 2.05) is 0 Å². The molecule has 2 atom stereocenters. The van der Waals surface area contributed by atoms with E-state index >= 15 is 0 Å². The molecule has 2 nitrogen and oxygen atoms in total. The van der Waals surface area contributed by atoms with Gasteiger partial charge >= 0.3 is 0 Å². The smallest absolute Gasteiger partial charge is 0.247 e. The lowest BCUT2D eigenvalue weighted by molar-refractivity contribution is -0.727. The van der Waals surface area contributed by atoms with Crippen molar-refractivity contribution in [1.82, 2.24) is 4.98 Å². The standard InChI is InChI=1S/C41H80N2/c1-5-8-10-12-14-16-18-20-22-24-26-28-30-32-35-39(4)43-38-37-42-41(43)40(34-7-3)36-33-31-29-27-25-23-21-19-17-15-13-11-9-6-2/h37-40H,5-36H2,1-4H3/p+1. The van der Waals surface area contributed by atoms with Crippen LogP contribution in [0.2, 0.25) is 0 Å². The summed E-state index contributed by atoms with van der Waals surface area (Å²) >= 11 is 0. The van der Waals surface area contributed by atoms with Gasteiger partial charge in [-0.1, -0.05) is 201 Å². The average Bonchev–Trinajstić information content (AvgIpc) is 3.51. The minimum atomic E-state index is 0.620. The number of rotatable bonds is 34. The molecule has 0 saturated heterocycles. The van der Waals surface area contributed by atoms with Crippen LogP contribution in [0.1, 0.15) is 251 Å². The molecule has 0 spiro atoms. The summed E-state index contributed by atoms with van der Waals surface area (Å²) in [4.78, 5) is 3.69. The summed E-state index contributed by atoms with van der Waals surface area (Å²) in [6, 6.07) is 0.620. The van der Waals surface area contributed by atoms with E-state index < -0.39 is 0 Å². The van der Waals surface area contributed by atoms with Crippen LogP contribution in [0.5, 0.6) is 0 Å². The van der Waals surface area contributed by atoms with Crippen molar-refractivity contribution in [2.75, 3.05) is 0 Å². The van der Waals surface area contributed by atoms with Crippen LogP contribution in [0.4, 0.5) is 0 Å². The molecule has 0 aromatic carbocycles. The van der Waals surface area contributed by atoms with E-state index in [4.69, 9.17) is 0 Å². The lowest BCUT2D eigenvalue weighted by Crippen LogP contribution is -2.41. The molecular weight excluding hydrogens is 520 g/mol. The Morgan fingerprint density at radius 1 is 0.442 bits per heavy atom. The van der Waals surface area contributed by atoms with E-state index in [1.54, 1.807) is 0 Å². The van der Waals surface area contributed by atoms with Gasteiger partial charge in [-0.15, -0.1) is 0 Å². The van der Waals surface area contributed by atoms with Crippen molar-refractivity contribution in [3.05, 3.63) is 18.2 Å². The molecule has 0 saturated carbocycles. The Bertz CT molecular complexity index is 664. The van der Waals surface area contributed by atoms with Crippen molar-refractivity contribution in [2.45, 2.75) is 245 Å². The second-order valence-corrected chi connectivity index (χ2v) is 14.4. The number of nitrogens with one attached hydrogen (secondary N) is 1. The molecule has 0 aliphatic rings.